The van der Waals surface area contributed by atoms with Crippen molar-refractivity contribution in [3.8, 4) is 0 Å². The molecule has 102 valence electrons. The molecule has 2 nitrogen and oxygen atoms in total. The molecule has 1 aromatic heterocycles. The zero-order valence-electron chi connectivity index (χ0n) is 11.4. The third-order valence-electron chi connectivity index (χ3n) is 3.64. The summed E-state index contributed by atoms with van der Waals surface area (Å²) in [6.45, 7) is 3.36. The molecule has 0 spiro atoms. The van der Waals surface area contributed by atoms with Crippen LogP contribution in [0.5, 0.6) is 0 Å². The van der Waals surface area contributed by atoms with Crippen LogP contribution in [0.15, 0.2) is 48.7 Å². The van der Waals surface area contributed by atoms with E-state index in [2.05, 4.69) is 41.1 Å². The molecule has 0 aliphatic carbocycles. The molecule has 0 bridgehead atoms. The van der Waals surface area contributed by atoms with Crippen molar-refractivity contribution in [1.82, 2.24) is 4.57 Å². The Bertz CT molecular complexity index is 759. The second kappa shape index (κ2) is 5.31. The van der Waals surface area contributed by atoms with Gasteiger partial charge in [0.2, 0.25) is 0 Å². The van der Waals surface area contributed by atoms with Crippen molar-refractivity contribution in [2.24, 2.45) is 5.73 Å². The van der Waals surface area contributed by atoms with E-state index in [4.69, 9.17) is 17.3 Å². The maximum atomic E-state index is 6.33. The topological polar surface area (TPSA) is 30.9 Å². The molecule has 0 amide bonds. The largest absolute Gasteiger partial charge is 0.343 e. The number of nitrogens with two attached hydrogens (primary N) is 1. The van der Waals surface area contributed by atoms with Gasteiger partial charge in [-0.05, 0) is 41.1 Å². The monoisotopic (exact) mass is 284 g/mol. The van der Waals surface area contributed by atoms with Gasteiger partial charge in [-0.1, -0.05) is 41.9 Å². The fourth-order valence-corrected chi connectivity index (χ4v) is 2.90. The highest BCUT2D eigenvalue weighted by molar-refractivity contribution is 6.31. The number of para-hydroxylation sites is 1. The smallest absolute Gasteiger partial charge is 0.0528 e. The Morgan fingerprint density at radius 2 is 1.95 bits per heavy atom. The van der Waals surface area contributed by atoms with E-state index < -0.39 is 0 Å². The molecule has 0 saturated carbocycles. The van der Waals surface area contributed by atoms with Gasteiger partial charge in [-0.15, -0.1) is 0 Å². The second-order valence-corrected chi connectivity index (χ2v) is 5.50. The van der Waals surface area contributed by atoms with E-state index in [9.17, 15) is 0 Å². The highest BCUT2D eigenvalue weighted by Gasteiger charge is 2.08. The van der Waals surface area contributed by atoms with Crippen LogP contribution in [0.2, 0.25) is 5.02 Å². The molecule has 0 saturated heterocycles. The molecule has 0 unspecified atom stereocenters. The highest BCUT2D eigenvalue weighted by atomic mass is 35.5. The number of aryl methyl sites for hydroxylation is 1. The fourth-order valence-electron chi connectivity index (χ4n) is 2.60. The van der Waals surface area contributed by atoms with Gasteiger partial charge in [0.25, 0.3) is 0 Å². The first kappa shape index (κ1) is 13.2. The van der Waals surface area contributed by atoms with Crippen molar-refractivity contribution in [3.63, 3.8) is 0 Å². The molecule has 0 aliphatic heterocycles. The Labute approximate surface area is 123 Å². The molecule has 3 heteroatoms. The van der Waals surface area contributed by atoms with Gasteiger partial charge in [0.05, 0.1) is 5.52 Å². The quantitative estimate of drug-likeness (QED) is 0.771. The van der Waals surface area contributed by atoms with Crippen LogP contribution in [0, 0.1) is 6.92 Å². The van der Waals surface area contributed by atoms with Crippen LogP contribution in [0.4, 0.5) is 0 Å². The van der Waals surface area contributed by atoms with Crippen LogP contribution in [0.1, 0.15) is 16.7 Å². The van der Waals surface area contributed by atoms with Crippen LogP contribution in [-0.4, -0.2) is 4.57 Å². The SMILES string of the molecule is Cc1ccc(Cn2ccc3cccc(CN)c32)c(Cl)c1. The summed E-state index contributed by atoms with van der Waals surface area (Å²) in [6, 6.07) is 14.6. The lowest BCUT2D eigenvalue weighted by atomic mass is 10.1. The molecule has 0 fully saturated rings. The molecular weight excluding hydrogens is 268 g/mol. The predicted molar refractivity (Wildman–Crippen MR) is 85.1 cm³/mol. The number of aromatic nitrogens is 1. The van der Waals surface area contributed by atoms with Crippen molar-refractivity contribution in [2.45, 2.75) is 20.0 Å². The molecule has 2 N–H and O–H groups in total. The van der Waals surface area contributed by atoms with Crippen LogP contribution in [-0.2, 0) is 13.1 Å². The summed E-state index contributed by atoms with van der Waals surface area (Å²) in [7, 11) is 0. The van der Waals surface area contributed by atoms with Gasteiger partial charge in [-0.3, -0.25) is 0 Å². The summed E-state index contributed by atoms with van der Waals surface area (Å²) in [5, 5.41) is 2.04. The van der Waals surface area contributed by atoms with Crippen LogP contribution < -0.4 is 5.73 Å². The lowest BCUT2D eigenvalue weighted by molar-refractivity contribution is 0.830. The van der Waals surface area contributed by atoms with Gasteiger partial charge >= 0.3 is 0 Å². The van der Waals surface area contributed by atoms with E-state index >= 15 is 0 Å². The Kier molecular flexibility index (Phi) is 3.51. The third-order valence-corrected chi connectivity index (χ3v) is 3.99. The van der Waals surface area contributed by atoms with Gasteiger partial charge in [-0.2, -0.15) is 0 Å². The predicted octanol–water partition coefficient (Wildman–Crippen LogP) is 4.11. The Balaban J connectivity index is 2.06. The minimum atomic E-state index is 0.545. The van der Waals surface area contributed by atoms with Gasteiger partial charge in [0.15, 0.2) is 0 Å². The first-order valence-corrected chi connectivity index (χ1v) is 7.08. The first-order chi connectivity index (χ1) is 9.69. The molecule has 0 aliphatic rings. The summed E-state index contributed by atoms with van der Waals surface area (Å²) in [5.41, 5.74) is 10.5. The molecule has 0 atom stereocenters. The van der Waals surface area contributed by atoms with E-state index in [1.807, 2.05) is 19.1 Å². The minimum absolute atomic E-state index is 0.545. The summed E-state index contributed by atoms with van der Waals surface area (Å²) < 4.78 is 2.22. The van der Waals surface area contributed by atoms with E-state index in [0.29, 0.717) is 6.54 Å². The summed E-state index contributed by atoms with van der Waals surface area (Å²) in [4.78, 5) is 0. The lowest BCUT2D eigenvalue weighted by Gasteiger charge is -2.10. The van der Waals surface area contributed by atoms with Crippen molar-refractivity contribution >= 4 is 22.5 Å². The summed E-state index contributed by atoms with van der Waals surface area (Å²) in [6.07, 6.45) is 2.10. The number of hydrogen-bond donors (Lipinski definition) is 1. The first-order valence-electron chi connectivity index (χ1n) is 6.71. The van der Waals surface area contributed by atoms with Crippen LogP contribution in [0.25, 0.3) is 10.9 Å². The van der Waals surface area contributed by atoms with E-state index in [1.54, 1.807) is 0 Å². The molecule has 0 radical (unpaired) electrons. The molecule has 3 rings (SSSR count). The lowest BCUT2D eigenvalue weighted by Crippen LogP contribution is -2.04. The van der Waals surface area contributed by atoms with E-state index in [-0.39, 0.29) is 0 Å². The number of rotatable bonds is 3. The van der Waals surface area contributed by atoms with E-state index in [0.717, 1.165) is 22.7 Å². The number of hydrogen-bond acceptors (Lipinski definition) is 1. The van der Waals surface area contributed by atoms with Crippen molar-refractivity contribution in [2.75, 3.05) is 0 Å². The Morgan fingerprint density at radius 1 is 1.10 bits per heavy atom. The number of halogens is 1. The zero-order valence-corrected chi connectivity index (χ0v) is 12.2. The van der Waals surface area contributed by atoms with Gasteiger partial charge in [-0.25, -0.2) is 0 Å². The normalized spacial score (nSPS) is 11.2. The van der Waals surface area contributed by atoms with Crippen LogP contribution in [0.3, 0.4) is 0 Å². The molecule has 3 aromatic rings. The van der Waals surface area contributed by atoms with Gasteiger partial charge < -0.3 is 10.3 Å². The Morgan fingerprint density at radius 3 is 2.70 bits per heavy atom. The molecule has 1 heterocycles. The fraction of sp³-hybridized carbons (Fsp3) is 0.176. The van der Waals surface area contributed by atoms with Crippen molar-refractivity contribution in [1.29, 1.82) is 0 Å². The number of benzene rings is 2. The average Bonchev–Trinajstić information content (AvgIpc) is 2.85. The zero-order chi connectivity index (χ0) is 14.1. The number of fused-ring (bicyclic) bond motifs is 1. The molecule has 20 heavy (non-hydrogen) atoms. The summed E-state index contributed by atoms with van der Waals surface area (Å²) >= 11 is 6.33. The van der Waals surface area contributed by atoms with Gasteiger partial charge in [0.1, 0.15) is 0 Å². The summed E-state index contributed by atoms with van der Waals surface area (Å²) in [5.74, 6) is 0. The second-order valence-electron chi connectivity index (χ2n) is 5.10. The van der Waals surface area contributed by atoms with Crippen molar-refractivity contribution < 1.29 is 0 Å². The third kappa shape index (κ3) is 2.33. The highest BCUT2D eigenvalue weighted by Crippen LogP contribution is 2.24. The van der Waals surface area contributed by atoms with Gasteiger partial charge in [0, 0.05) is 24.3 Å². The standard InChI is InChI=1S/C17H17ClN2/c1-12-5-6-15(16(18)9-12)11-20-8-7-13-3-2-4-14(10-19)17(13)20/h2-9H,10-11,19H2,1H3. The average molecular weight is 285 g/mol. The van der Waals surface area contributed by atoms with Crippen molar-refractivity contribution in [3.05, 3.63) is 70.4 Å². The molecule has 2 aromatic carbocycles. The maximum absolute atomic E-state index is 6.33. The minimum Gasteiger partial charge on any atom is -0.343 e. The Hall–Kier alpha value is -1.77. The molecular formula is C17H17ClN2. The van der Waals surface area contributed by atoms with E-state index in [1.165, 1.54) is 16.5 Å². The number of nitrogens with zero attached hydrogens (tertiary/aromatic N) is 1. The van der Waals surface area contributed by atoms with Crippen LogP contribution >= 0.6 is 11.6 Å². The maximum Gasteiger partial charge on any atom is 0.0528 e.